The molecule has 26 heavy (non-hydrogen) atoms. The first-order valence-electron chi connectivity index (χ1n) is 8.31. The van der Waals surface area contributed by atoms with Gasteiger partial charge in [-0.25, -0.2) is 4.79 Å². The molecule has 2 N–H and O–H groups in total. The van der Waals surface area contributed by atoms with Gasteiger partial charge in [-0.3, -0.25) is 14.3 Å². The zero-order valence-electron chi connectivity index (χ0n) is 14.4. The normalized spacial score (nSPS) is 29.5. The SMILES string of the molecule is C#C[C@@]1(n2ccc(=O)[nH]c2=O)OC2(CCCC2)O[C@@H]1[C@](CO)(CCl)OC. The Hall–Kier alpha value is -1.63. The van der Waals surface area contributed by atoms with Crippen molar-refractivity contribution in [3.8, 4) is 12.3 Å². The molecule has 3 atom stereocenters. The standard InChI is InChI=1S/C17H21ClN2O6/c1-3-17(20-9-6-12(22)19-14(20)23)13(15(10-18,11-21)24-2)25-16(26-17)7-4-5-8-16/h1,6,9,13,21H,4-5,7-8,10-11H2,2H3,(H,19,22,23)/t13-,15-,17-/m1/s1. The molecular formula is C17H21ClN2O6. The molecule has 9 heteroatoms. The van der Waals surface area contributed by atoms with Gasteiger partial charge in [0.1, 0.15) is 5.60 Å². The fraction of sp³-hybridized carbons (Fsp3) is 0.647. The lowest BCUT2D eigenvalue weighted by Crippen LogP contribution is -2.61. The Morgan fingerprint density at radius 1 is 1.54 bits per heavy atom. The Labute approximate surface area is 155 Å². The third-order valence-electron chi connectivity index (χ3n) is 5.16. The number of aliphatic hydroxyl groups is 1. The second-order valence-electron chi connectivity index (χ2n) is 6.60. The van der Waals surface area contributed by atoms with Crippen LogP contribution < -0.4 is 11.2 Å². The molecule has 2 heterocycles. The van der Waals surface area contributed by atoms with Crippen LogP contribution in [-0.4, -0.2) is 51.7 Å². The van der Waals surface area contributed by atoms with Crippen molar-refractivity contribution in [3.63, 3.8) is 0 Å². The molecule has 2 fully saturated rings. The summed E-state index contributed by atoms with van der Waals surface area (Å²) in [5, 5.41) is 10.00. The van der Waals surface area contributed by atoms with Crippen molar-refractivity contribution in [2.75, 3.05) is 19.6 Å². The summed E-state index contributed by atoms with van der Waals surface area (Å²) in [4.78, 5) is 26.1. The number of methoxy groups -OCH3 is 1. The van der Waals surface area contributed by atoms with E-state index in [0.29, 0.717) is 12.8 Å². The van der Waals surface area contributed by atoms with Crippen molar-refractivity contribution in [1.82, 2.24) is 9.55 Å². The van der Waals surface area contributed by atoms with Gasteiger partial charge < -0.3 is 19.3 Å². The molecule has 0 amide bonds. The first-order valence-corrected chi connectivity index (χ1v) is 8.84. The summed E-state index contributed by atoms with van der Waals surface area (Å²) in [7, 11) is 1.37. The summed E-state index contributed by atoms with van der Waals surface area (Å²) < 4.78 is 19.0. The molecule has 1 aromatic rings. The minimum Gasteiger partial charge on any atom is -0.393 e. The van der Waals surface area contributed by atoms with Crippen molar-refractivity contribution < 1.29 is 19.3 Å². The molecule has 1 saturated carbocycles. The van der Waals surface area contributed by atoms with Crippen LogP contribution in [0.5, 0.6) is 0 Å². The first-order chi connectivity index (χ1) is 12.4. The summed E-state index contributed by atoms with van der Waals surface area (Å²) in [5.41, 5.74) is -4.46. The van der Waals surface area contributed by atoms with Gasteiger partial charge in [0, 0.05) is 32.2 Å². The molecule has 2 aliphatic rings. The molecule has 0 unspecified atom stereocenters. The van der Waals surface area contributed by atoms with Crippen molar-refractivity contribution >= 4 is 11.6 Å². The third-order valence-corrected chi connectivity index (χ3v) is 5.61. The number of H-pyrrole nitrogens is 1. The average Bonchev–Trinajstić information content (AvgIpc) is 3.23. The molecule has 0 radical (unpaired) electrons. The number of rotatable bonds is 5. The number of aromatic nitrogens is 2. The molecule has 0 aromatic carbocycles. The van der Waals surface area contributed by atoms with E-state index in [-0.39, 0.29) is 5.88 Å². The number of aliphatic hydroxyl groups excluding tert-OH is 1. The Kier molecular flexibility index (Phi) is 5.03. The second kappa shape index (κ2) is 6.83. The number of alkyl halides is 1. The van der Waals surface area contributed by atoms with Gasteiger partial charge in [0.2, 0.25) is 5.72 Å². The fourth-order valence-electron chi connectivity index (χ4n) is 3.70. The highest BCUT2D eigenvalue weighted by Crippen LogP contribution is 2.51. The van der Waals surface area contributed by atoms with Gasteiger partial charge in [-0.15, -0.1) is 18.0 Å². The predicted molar refractivity (Wildman–Crippen MR) is 92.8 cm³/mol. The van der Waals surface area contributed by atoms with Crippen LogP contribution in [0.15, 0.2) is 21.9 Å². The van der Waals surface area contributed by atoms with E-state index in [1.54, 1.807) is 0 Å². The number of aromatic amines is 1. The Morgan fingerprint density at radius 2 is 2.23 bits per heavy atom. The minimum atomic E-state index is -1.74. The summed E-state index contributed by atoms with van der Waals surface area (Å²) in [6.07, 6.45) is 8.90. The second-order valence-corrected chi connectivity index (χ2v) is 6.87. The average molecular weight is 385 g/mol. The van der Waals surface area contributed by atoms with Crippen LogP contribution in [0.4, 0.5) is 0 Å². The summed E-state index contributed by atoms with van der Waals surface area (Å²) in [6, 6.07) is 1.16. The van der Waals surface area contributed by atoms with Gasteiger partial charge in [-0.05, 0) is 18.8 Å². The molecule has 1 aliphatic carbocycles. The molecule has 8 nitrogen and oxygen atoms in total. The van der Waals surface area contributed by atoms with E-state index in [0.717, 1.165) is 23.5 Å². The Bertz CT molecular complexity index is 809. The Balaban J connectivity index is 2.23. The van der Waals surface area contributed by atoms with Crippen LogP contribution in [0.25, 0.3) is 0 Å². The maximum absolute atomic E-state index is 12.5. The number of ether oxygens (including phenoxy) is 3. The summed E-state index contributed by atoms with van der Waals surface area (Å²) >= 11 is 6.10. The molecule has 0 bridgehead atoms. The number of hydrogen-bond donors (Lipinski definition) is 2. The van der Waals surface area contributed by atoms with Gasteiger partial charge in [0.25, 0.3) is 5.56 Å². The number of terminal acetylenes is 1. The molecule has 1 aromatic heterocycles. The largest absolute Gasteiger partial charge is 0.393 e. The van der Waals surface area contributed by atoms with Crippen LogP contribution in [0.1, 0.15) is 25.7 Å². The van der Waals surface area contributed by atoms with E-state index in [2.05, 4.69) is 10.9 Å². The smallest absolute Gasteiger partial charge is 0.331 e. The van der Waals surface area contributed by atoms with Gasteiger partial charge >= 0.3 is 5.69 Å². The van der Waals surface area contributed by atoms with Crippen molar-refractivity contribution in [3.05, 3.63) is 33.1 Å². The van der Waals surface area contributed by atoms with E-state index >= 15 is 0 Å². The Morgan fingerprint density at radius 3 is 2.73 bits per heavy atom. The molecule has 1 spiro atoms. The highest BCUT2D eigenvalue weighted by atomic mass is 35.5. The van der Waals surface area contributed by atoms with E-state index in [1.807, 2.05) is 0 Å². The van der Waals surface area contributed by atoms with E-state index in [9.17, 15) is 14.7 Å². The molecular weight excluding hydrogens is 364 g/mol. The fourth-order valence-corrected chi connectivity index (χ4v) is 4.04. The van der Waals surface area contributed by atoms with Gasteiger partial charge in [0.05, 0.1) is 12.5 Å². The molecule has 3 rings (SSSR count). The number of halogens is 1. The maximum Gasteiger partial charge on any atom is 0.331 e. The molecule has 1 aliphatic heterocycles. The summed E-state index contributed by atoms with van der Waals surface area (Å²) in [6.45, 7) is -0.501. The highest BCUT2D eigenvalue weighted by Gasteiger charge is 2.65. The number of hydrogen-bond acceptors (Lipinski definition) is 6. The molecule has 142 valence electrons. The number of nitrogens with zero attached hydrogens (tertiary/aromatic N) is 1. The zero-order valence-corrected chi connectivity index (χ0v) is 15.1. The summed E-state index contributed by atoms with van der Waals surface area (Å²) in [5.74, 6) is 1.36. The van der Waals surface area contributed by atoms with E-state index in [4.69, 9.17) is 32.2 Å². The minimum absolute atomic E-state index is 0.147. The van der Waals surface area contributed by atoms with Crippen LogP contribution >= 0.6 is 11.6 Å². The van der Waals surface area contributed by atoms with Crippen molar-refractivity contribution in [1.29, 1.82) is 0 Å². The first kappa shape index (κ1) is 19.1. The number of nitrogens with one attached hydrogen (secondary N) is 1. The van der Waals surface area contributed by atoms with Gasteiger partial charge in [-0.1, -0.05) is 0 Å². The van der Waals surface area contributed by atoms with E-state index in [1.165, 1.54) is 13.3 Å². The maximum atomic E-state index is 12.5. The monoisotopic (exact) mass is 384 g/mol. The van der Waals surface area contributed by atoms with Crippen LogP contribution in [0, 0.1) is 12.3 Å². The predicted octanol–water partition coefficient (Wildman–Crippen LogP) is 0.125. The van der Waals surface area contributed by atoms with Crippen LogP contribution in [-0.2, 0) is 19.9 Å². The topological polar surface area (TPSA) is 103 Å². The lowest BCUT2D eigenvalue weighted by molar-refractivity contribution is -0.199. The molecule has 1 saturated heterocycles. The van der Waals surface area contributed by atoms with Crippen molar-refractivity contribution in [2.24, 2.45) is 0 Å². The van der Waals surface area contributed by atoms with Crippen LogP contribution in [0.3, 0.4) is 0 Å². The highest BCUT2D eigenvalue weighted by molar-refractivity contribution is 6.18. The lowest BCUT2D eigenvalue weighted by atomic mass is 9.90. The van der Waals surface area contributed by atoms with Crippen LogP contribution in [0.2, 0.25) is 0 Å². The van der Waals surface area contributed by atoms with E-state index < -0.39 is 41.1 Å². The van der Waals surface area contributed by atoms with Gasteiger partial charge in [-0.2, -0.15) is 0 Å². The van der Waals surface area contributed by atoms with Gasteiger partial charge in [0.15, 0.2) is 11.9 Å². The third kappa shape index (κ3) is 2.71. The quantitative estimate of drug-likeness (QED) is 0.552. The zero-order chi connectivity index (χ0) is 19.0. The van der Waals surface area contributed by atoms with Crippen molar-refractivity contribution in [2.45, 2.75) is 48.9 Å². The lowest BCUT2D eigenvalue weighted by Gasteiger charge is -2.39.